The highest BCUT2D eigenvalue weighted by Crippen LogP contribution is 2.04. The molecule has 0 aliphatic carbocycles. The summed E-state index contributed by atoms with van der Waals surface area (Å²) in [5.74, 6) is -0.612. The normalized spacial score (nSPS) is 12.3. The molecular formula is C13H21N3O3. The molecule has 0 spiro atoms. The van der Waals surface area contributed by atoms with E-state index in [1.54, 1.807) is 10.9 Å². The average molecular weight is 267 g/mol. The van der Waals surface area contributed by atoms with Gasteiger partial charge in [0, 0.05) is 19.2 Å². The maximum absolute atomic E-state index is 11.8. The molecule has 1 N–H and O–H groups in total. The number of hydrogen-bond donors (Lipinski definition) is 1. The summed E-state index contributed by atoms with van der Waals surface area (Å²) in [5, 5.41) is 6.79. The highest BCUT2D eigenvalue weighted by Gasteiger charge is 2.24. The summed E-state index contributed by atoms with van der Waals surface area (Å²) in [5.41, 5.74) is 1.05. The molecule has 1 heterocycles. The minimum atomic E-state index is -0.600. The molecule has 0 bridgehead atoms. The molecule has 0 aliphatic rings. The molecule has 0 fully saturated rings. The number of rotatable bonds is 6. The highest BCUT2D eigenvalue weighted by molar-refractivity contribution is 5.84. The minimum Gasteiger partial charge on any atom is -0.467 e. The third-order valence-corrected chi connectivity index (χ3v) is 2.77. The second-order valence-corrected chi connectivity index (χ2v) is 4.84. The van der Waals surface area contributed by atoms with E-state index < -0.39 is 12.0 Å². The molecule has 0 saturated heterocycles. The van der Waals surface area contributed by atoms with Crippen LogP contribution in [0.3, 0.4) is 0 Å². The fourth-order valence-electron chi connectivity index (χ4n) is 1.68. The molecule has 0 saturated carbocycles. The van der Waals surface area contributed by atoms with Crippen molar-refractivity contribution in [1.29, 1.82) is 0 Å². The van der Waals surface area contributed by atoms with Gasteiger partial charge < -0.3 is 10.1 Å². The number of nitrogens with zero attached hydrogens (tertiary/aromatic N) is 2. The third kappa shape index (κ3) is 4.73. The second kappa shape index (κ2) is 6.92. The first-order chi connectivity index (χ1) is 8.93. The van der Waals surface area contributed by atoms with Crippen molar-refractivity contribution in [2.24, 2.45) is 5.92 Å². The lowest BCUT2D eigenvalue weighted by atomic mass is 10.0. The number of carbonyl (C=O) groups is 2. The number of amides is 1. The van der Waals surface area contributed by atoms with E-state index in [-0.39, 0.29) is 18.2 Å². The summed E-state index contributed by atoms with van der Waals surface area (Å²) in [4.78, 5) is 23.3. The number of methoxy groups -OCH3 is 1. The zero-order valence-electron chi connectivity index (χ0n) is 11.8. The maximum Gasteiger partial charge on any atom is 0.328 e. The molecule has 0 aromatic carbocycles. The number of aromatic nitrogens is 2. The topological polar surface area (TPSA) is 73.2 Å². The quantitative estimate of drug-likeness (QED) is 0.777. The summed E-state index contributed by atoms with van der Waals surface area (Å²) in [6.07, 6.45) is 3.89. The van der Waals surface area contributed by atoms with Crippen molar-refractivity contribution in [3.63, 3.8) is 0 Å². The Kier molecular flexibility index (Phi) is 5.54. The Morgan fingerprint density at radius 2 is 2.16 bits per heavy atom. The number of carbonyl (C=O) groups excluding carboxylic acids is 2. The number of hydrogen-bond acceptors (Lipinski definition) is 4. The summed E-state index contributed by atoms with van der Waals surface area (Å²) < 4.78 is 6.38. The molecule has 1 amide bonds. The van der Waals surface area contributed by atoms with Crippen molar-refractivity contribution >= 4 is 11.9 Å². The lowest BCUT2D eigenvalue weighted by Crippen LogP contribution is -2.45. The summed E-state index contributed by atoms with van der Waals surface area (Å²) >= 11 is 0. The molecule has 1 atom stereocenters. The summed E-state index contributed by atoms with van der Waals surface area (Å²) in [6, 6.07) is -0.600. The summed E-state index contributed by atoms with van der Waals surface area (Å²) in [7, 11) is 1.32. The van der Waals surface area contributed by atoms with Crippen molar-refractivity contribution < 1.29 is 14.3 Å². The van der Waals surface area contributed by atoms with Crippen LogP contribution in [-0.4, -0.2) is 34.8 Å². The molecular weight excluding hydrogens is 246 g/mol. The summed E-state index contributed by atoms with van der Waals surface area (Å²) in [6.45, 7) is 6.15. The van der Waals surface area contributed by atoms with E-state index in [1.807, 2.05) is 27.0 Å². The Labute approximate surface area is 113 Å². The van der Waals surface area contributed by atoms with E-state index in [0.717, 1.165) is 5.56 Å². The molecule has 106 valence electrons. The molecule has 6 heteroatoms. The van der Waals surface area contributed by atoms with Crippen LogP contribution in [0.1, 0.15) is 25.8 Å². The van der Waals surface area contributed by atoms with E-state index in [0.29, 0.717) is 6.54 Å². The Bertz CT molecular complexity index is 440. The first-order valence-corrected chi connectivity index (χ1v) is 6.30. The van der Waals surface area contributed by atoms with Gasteiger partial charge >= 0.3 is 5.97 Å². The van der Waals surface area contributed by atoms with Gasteiger partial charge in [-0.05, 0) is 18.4 Å². The van der Waals surface area contributed by atoms with Crippen LogP contribution in [0.15, 0.2) is 12.4 Å². The molecule has 0 unspecified atom stereocenters. The van der Waals surface area contributed by atoms with E-state index in [9.17, 15) is 9.59 Å². The van der Waals surface area contributed by atoms with Crippen LogP contribution >= 0.6 is 0 Å². The second-order valence-electron chi connectivity index (χ2n) is 4.84. The number of aryl methyl sites for hydroxylation is 2. The molecule has 0 aliphatic heterocycles. The monoisotopic (exact) mass is 267 g/mol. The van der Waals surface area contributed by atoms with Gasteiger partial charge in [-0.1, -0.05) is 13.8 Å². The smallest absolute Gasteiger partial charge is 0.328 e. The van der Waals surface area contributed by atoms with Gasteiger partial charge in [0.1, 0.15) is 6.04 Å². The number of ether oxygens (including phenoxy) is 1. The van der Waals surface area contributed by atoms with Crippen molar-refractivity contribution in [3.05, 3.63) is 18.0 Å². The van der Waals surface area contributed by atoms with Gasteiger partial charge in [-0.2, -0.15) is 5.10 Å². The van der Waals surface area contributed by atoms with Crippen molar-refractivity contribution in [2.45, 2.75) is 39.8 Å². The van der Waals surface area contributed by atoms with E-state index in [4.69, 9.17) is 0 Å². The van der Waals surface area contributed by atoms with Crippen LogP contribution in [0.2, 0.25) is 0 Å². The van der Waals surface area contributed by atoms with Crippen molar-refractivity contribution in [2.75, 3.05) is 7.11 Å². The van der Waals surface area contributed by atoms with Gasteiger partial charge in [-0.3, -0.25) is 9.48 Å². The molecule has 19 heavy (non-hydrogen) atoms. The Hall–Kier alpha value is -1.85. The van der Waals surface area contributed by atoms with Gasteiger partial charge in [0.15, 0.2) is 0 Å². The minimum absolute atomic E-state index is 0.0108. The maximum atomic E-state index is 11.8. The van der Waals surface area contributed by atoms with Gasteiger partial charge in [0.2, 0.25) is 5.91 Å². The largest absolute Gasteiger partial charge is 0.467 e. The van der Waals surface area contributed by atoms with Gasteiger partial charge in [0.25, 0.3) is 0 Å². The zero-order valence-corrected chi connectivity index (χ0v) is 11.8. The SMILES string of the molecule is COC(=O)[C@@H](NC(=O)CCn1cc(C)cn1)C(C)C. The fourth-order valence-corrected chi connectivity index (χ4v) is 1.68. The van der Waals surface area contributed by atoms with Crippen LogP contribution in [0.25, 0.3) is 0 Å². The predicted molar refractivity (Wildman–Crippen MR) is 70.4 cm³/mol. The first kappa shape index (κ1) is 15.2. The van der Waals surface area contributed by atoms with Crippen LogP contribution in [0, 0.1) is 12.8 Å². The Morgan fingerprint density at radius 3 is 2.63 bits per heavy atom. The lowest BCUT2D eigenvalue weighted by molar-refractivity contribution is -0.146. The van der Waals surface area contributed by atoms with E-state index in [1.165, 1.54) is 7.11 Å². The van der Waals surface area contributed by atoms with E-state index >= 15 is 0 Å². The van der Waals surface area contributed by atoms with Crippen molar-refractivity contribution in [1.82, 2.24) is 15.1 Å². The number of nitrogens with one attached hydrogen (secondary N) is 1. The Morgan fingerprint density at radius 1 is 1.47 bits per heavy atom. The predicted octanol–water partition coefficient (Wildman–Crippen LogP) is 0.895. The van der Waals surface area contributed by atoms with Gasteiger partial charge in [-0.15, -0.1) is 0 Å². The lowest BCUT2D eigenvalue weighted by Gasteiger charge is -2.19. The van der Waals surface area contributed by atoms with Gasteiger partial charge in [-0.25, -0.2) is 4.79 Å². The molecule has 1 aromatic heterocycles. The van der Waals surface area contributed by atoms with Crippen molar-refractivity contribution in [3.8, 4) is 0 Å². The van der Waals surface area contributed by atoms with Crippen LogP contribution in [0.4, 0.5) is 0 Å². The molecule has 1 aromatic rings. The van der Waals surface area contributed by atoms with Crippen LogP contribution in [0.5, 0.6) is 0 Å². The highest BCUT2D eigenvalue weighted by atomic mass is 16.5. The standard InChI is InChI=1S/C13H21N3O3/c1-9(2)12(13(18)19-4)15-11(17)5-6-16-8-10(3)7-14-16/h7-9,12H,5-6H2,1-4H3,(H,15,17)/t12-/m0/s1. The molecule has 6 nitrogen and oxygen atoms in total. The van der Waals surface area contributed by atoms with E-state index in [2.05, 4.69) is 15.2 Å². The Balaban J connectivity index is 2.46. The number of esters is 1. The zero-order chi connectivity index (χ0) is 14.4. The fraction of sp³-hybridized carbons (Fsp3) is 0.615. The average Bonchev–Trinajstić information content (AvgIpc) is 2.78. The van der Waals surface area contributed by atoms with Crippen LogP contribution in [-0.2, 0) is 20.9 Å². The molecule has 1 rings (SSSR count). The first-order valence-electron chi connectivity index (χ1n) is 6.30. The third-order valence-electron chi connectivity index (χ3n) is 2.77. The van der Waals surface area contributed by atoms with Gasteiger partial charge in [0.05, 0.1) is 13.3 Å². The molecule has 0 radical (unpaired) electrons. The van der Waals surface area contributed by atoms with Crippen LogP contribution < -0.4 is 5.32 Å².